The number of amides is 1. The summed E-state index contributed by atoms with van der Waals surface area (Å²) in [7, 11) is -3.13. The Morgan fingerprint density at radius 1 is 1.25 bits per heavy atom. The van der Waals surface area contributed by atoms with Crippen LogP contribution in [0.25, 0.3) is 5.69 Å². The van der Waals surface area contributed by atoms with Crippen LogP contribution in [-0.4, -0.2) is 36.1 Å². The third kappa shape index (κ3) is 4.92. The van der Waals surface area contributed by atoms with Gasteiger partial charge in [-0.3, -0.25) is 4.79 Å². The quantitative estimate of drug-likeness (QED) is 0.866. The van der Waals surface area contributed by atoms with E-state index < -0.39 is 9.84 Å². The molecule has 7 heteroatoms. The fourth-order valence-corrected chi connectivity index (χ4v) is 3.03. The van der Waals surface area contributed by atoms with Gasteiger partial charge in [0.05, 0.1) is 23.2 Å². The van der Waals surface area contributed by atoms with Gasteiger partial charge in [-0.1, -0.05) is 12.1 Å². The average molecular weight is 349 g/mol. The summed E-state index contributed by atoms with van der Waals surface area (Å²) in [5.41, 5.74) is 3.93. The Morgan fingerprint density at radius 3 is 2.38 bits per heavy atom. The molecule has 0 aliphatic heterocycles. The van der Waals surface area contributed by atoms with E-state index in [4.69, 9.17) is 0 Å². The van der Waals surface area contributed by atoms with E-state index in [9.17, 15) is 13.2 Å². The fraction of sp³-hybridized carbons (Fsp3) is 0.412. The van der Waals surface area contributed by atoms with E-state index in [1.807, 2.05) is 55.8 Å². The minimum Gasteiger partial charge on any atom is -0.350 e. The van der Waals surface area contributed by atoms with Crippen LogP contribution in [0.2, 0.25) is 0 Å². The molecule has 1 amide bonds. The molecule has 0 aliphatic rings. The average Bonchev–Trinajstić information content (AvgIpc) is 2.83. The van der Waals surface area contributed by atoms with Crippen molar-refractivity contribution in [2.75, 3.05) is 12.0 Å². The molecule has 1 aromatic carbocycles. The second kappa shape index (κ2) is 7.17. The molecule has 0 unspecified atom stereocenters. The van der Waals surface area contributed by atoms with Gasteiger partial charge in [0.2, 0.25) is 5.91 Å². The Morgan fingerprint density at radius 2 is 1.88 bits per heavy atom. The highest BCUT2D eigenvalue weighted by atomic mass is 32.2. The van der Waals surface area contributed by atoms with Gasteiger partial charge in [-0.25, -0.2) is 13.1 Å². The van der Waals surface area contributed by atoms with Crippen LogP contribution in [0.3, 0.4) is 0 Å². The third-order valence-corrected chi connectivity index (χ3v) is 4.67. The second-order valence-corrected chi connectivity index (χ2v) is 8.36. The van der Waals surface area contributed by atoms with Gasteiger partial charge in [0.25, 0.3) is 0 Å². The maximum atomic E-state index is 11.8. The number of rotatable bonds is 6. The van der Waals surface area contributed by atoms with Crippen molar-refractivity contribution in [3.8, 4) is 5.69 Å². The van der Waals surface area contributed by atoms with Crippen molar-refractivity contribution < 1.29 is 13.2 Å². The van der Waals surface area contributed by atoms with E-state index in [2.05, 4.69) is 10.4 Å². The minimum absolute atomic E-state index is 0.0208. The Bertz CT molecular complexity index is 823. The summed E-state index contributed by atoms with van der Waals surface area (Å²) in [5, 5.41) is 7.26. The SMILES string of the molecule is Cc1cc(C)n(-c2ccc([C@H](C)NC(=O)CCS(C)(=O)=O)cc2)n1. The smallest absolute Gasteiger partial charge is 0.221 e. The molecule has 0 radical (unpaired) electrons. The third-order valence-electron chi connectivity index (χ3n) is 3.72. The van der Waals surface area contributed by atoms with Gasteiger partial charge in [-0.2, -0.15) is 5.10 Å². The Hall–Kier alpha value is -2.15. The van der Waals surface area contributed by atoms with Crippen LogP contribution in [0.5, 0.6) is 0 Å². The van der Waals surface area contributed by atoms with Gasteiger partial charge in [0.15, 0.2) is 0 Å². The normalized spacial score (nSPS) is 12.8. The maximum absolute atomic E-state index is 11.8. The van der Waals surface area contributed by atoms with E-state index in [1.165, 1.54) is 0 Å². The molecule has 0 bridgehead atoms. The molecule has 0 saturated carbocycles. The summed E-state index contributed by atoms with van der Waals surface area (Å²) < 4.78 is 24.1. The van der Waals surface area contributed by atoms with Gasteiger partial charge in [-0.05, 0) is 44.5 Å². The lowest BCUT2D eigenvalue weighted by Gasteiger charge is -2.15. The summed E-state index contributed by atoms with van der Waals surface area (Å²) in [6.45, 7) is 5.82. The first-order valence-corrected chi connectivity index (χ1v) is 9.82. The Labute approximate surface area is 142 Å². The number of sulfone groups is 1. The van der Waals surface area contributed by atoms with E-state index >= 15 is 0 Å². The van der Waals surface area contributed by atoms with Crippen LogP contribution in [0, 0.1) is 13.8 Å². The van der Waals surface area contributed by atoms with Crippen molar-refractivity contribution >= 4 is 15.7 Å². The topological polar surface area (TPSA) is 81.1 Å². The molecule has 0 spiro atoms. The number of carbonyl (C=O) groups is 1. The molecule has 6 nitrogen and oxygen atoms in total. The molecule has 1 atom stereocenters. The van der Waals surface area contributed by atoms with Crippen LogP contribution in [-0.2, 0) is 14.6 Å². The monoisotopic (exact) mass is 349 g/mol. The van der Waals surface area contributed by atoms with Crippen LogP contribution in [0.15, 0.2) is 30.3 Å². The minimum atomic E-state index is -3.13. The van der Waals surface area contributed by atoms with Crippen LogP contribution in [0.4, 0.5) is 0 Å². The summed E-state index contributed by atoms with van der Waals surface area (Å²) in [6, 6.07) is 9.60. The first-order valence-electron chi connectivity index (χ1n) is 7.76. The van der Waals surface area contributed by atoms with Gasteiger partial charge < -0.3 is 5.32 Å². The van der Waals surface area contributed by atoms with Crippen LogP contribution < -0.4 is 5.32 Å². The first-order chi connectivity index (χ1) is 11.2. The molecule has 130 valence electrons. The molecule has 1 heterocycles. The molecule has 1 aromatic heterocycles. The van der Waals surface area contributed by atoms with E-state index in [0.29, 0.717) is 0 Å². The molecule has 0 saturated heterocycles. The van der Waals surface area contributed by atoms with E-state index in [-0.39, 0.29) is 24.1 Å². The number of hydrogen-bond donors (Lipinski definition) is 1. The number of carbonyl (C=O) groups excluding carboxylic acids is 1. The number of nitrogens with one attached hydrogen (secondary N) is 1. The summed E-state index contributed by atoms with van der Waals surface area (Å²) in [6.07, 6.45) is 1.11. The number of hydrogen-bond acceptors (Lipinski definition) is 4. The zero-order chi connectivity index (χ0) is 17.9. The summed E-state index contributed by atoms with van der Waals surface area (Å²) in [5.74, 6) is -0.405. The predicted octanol–water partition coefficient (Wildman–Crippen LogP) is 2.10. The Kier molecular flexibility index (Phi) is 5.43. The summed E-state index contributed by atoms with van der Waals surface area (Å²) >= 11 is 0. The molecule has 0 aliphatic carbocycles. The lowest BCUT2D eigenvalue weighted by molar-refractivity contribution is -0.121. The van der Waals surface area contributed by atoms with Crippen molar-refractivity contribution in [2.45, 2.75) is 33.2 Å². The number of nitrogens with zero attached hydrogens (tertiary/aromatic N) is 2. The molecule has 24 heavy (non-hydrogen) atoms. The highest BCUT2D eigenvalue weighted by Crippen LogP contribution is 2.17. The molecule has 2 aromatic rings. The molecular weight excluding hydrogens is 326 g/mol. The van der Waals surface area contributed by atoms with Gasteiger partial charge in [0, 0.05) is 18.4 Å². The molecule has 0 fully saturated rings. The standard InChI is InChI=1S/C17H23N3O3S/c1-12-11-13(2)20(19-12)16-7-5-15(6-8-16)14(3)18-17(21)9-10-24(4,22)23/h5-8,11,14H,9-10H2,1-4H3,(H,18,21)/t14-/m0/s1. The van der Waals surface area contributed by atoms with Gasteiger partial charge in [-0.15, -0.1) is 0 Å². The van der Waals surface area contributed by atoms with Crippen LogP contribution >= 0.6 is 0 Å². The lowest BCUT2D eigenvalue weighted by atomic mass is 10.1. The lowest BCUT2D eigenvalue weighted by Crippen LogP contribution is -2.28. The maximum Gasteiger partial charge on any atom is 0.221 e. The van der Waals surface area contributed by atoms with Crippen molar-refractivity contribution in [3.63, 3.8) is 0 Å². The zero-order valence-corrected chi connectivity index (χ0v) is 15.2. The summed E-state index contributed by atoms with van der Waals surface area (Å²) in [4.78, 5) is 11.8. The van der Waals surface area contributed by atoms with Gasteiger partial charge >= 0.3 is 0 Å². The van der Waals surface area contributed by atoms with Gasteiger partial charge in [0.1, 0.15) is 9.84 Å². The van der Waals surface area contributed by atoms with Crippen molar-refractivity contribution in [1.82, 2.24) is 15.1 Å². The highest BCUT2D eigenvalue weighted by molar-refractivity contribution is 7.90. The number of benzene rings is 1. The van der Waals surface area contributed by atoms with Crippen molar-refractivity contribution in [2.24, 2.45) is 0 Å². The number of aryl methyl sites for hydroxylation is 2. The predicted molar refractivity (Wildman–Crippen MR) is 93.9 cm³/mol. The van der Waals surface area contributed by atoms with Crippen molar-refractivity contribution in [3.05, 3.63) is 47.3 Å². The van der Waals surface area contributed by atoms with E-state index in [1.54, 1.807) is 0 Å². The molecule has 1 N–H and O–H groups in total. The largest absolute Gasteiger partial charge is 0.350 e. The number of aromatic nitrogens is 2. The second-order valence-electron chi connectivity index (χ2n) is 6.10. The first kappa shape index (κ1) is 18.2. The highest BCUT2D eigenvalue weighted by Gasteiger charge is 2.12. The fourth-order valence-electron chi connectivity index (χ4n) is 2.47. The molecule has 2 rings (SSSR count). The van der Waals surface area contributed by atoms with E-state index in [0.717, 1.165) is 28.9 Å². The van der Waals surface area contributed by atoms with Crippen LogP contribution in [0.1, 0.15) is 36.3 Å². The molecular formula is C17H23N3O3S. The van der Waals surface area contributed by atoms with Crippen molar-refractivity contribution in [1.29, 1.82) is 0 Å². The zero-order valence-electron chi connectivity index (χ0n) is 14.4. The Balaban J connectivity index is 2.02.